The van der Waals surface area contributed by atoms with Gasteiger partial charge in [0.1, 0.15) is 36.6 Å². The number of carbonyl (C=O) groups is 1. The third kappa shape index (κ3) is 41.7. The summed E-state index contributed by atoms with van der Waals surface area (Å²) in [5.41, 5.74) is 0. The standard InChI is InChI=1S/C64H127NO10/c1-3-5-7-9-11-13-15-17-19-21-23-25-26-27-28-29-30-31-32-34-35-37-39-41-43-45-47-49-51-56(67)59(69)55(54-74-64-62(72)61(71)60(70)58(53-66)75-64)65-63(73)57(68)52-50-48-46-44-42-40-38-36-33-24-22-20-18-16-14-12-10-8-6-4-2/h55-62,64,66-72H,3-54H2,1-2H3,(H,65,73). The van der Waals surface area contributed by atoms with Crippen LogP contribution in [0.4, 0.5) is 0 Å². The van der Waals surface area contributed by atoms with Crippen LogP contribution in [0.2, 0.25) is 0 Å². The summed E-state index contributed by atoms with van der Waals surface area (Å²) in [4.78, 5) is 13.2. The number of nitrogens with one attached hydrogen (secondary N) is 1. The molecule has 0 aliphatic carbocycles. The smallest absolute Gasteiger partial charge is 0.249 e. The van der Waals surface area contributed by atoms with E-state index in [1.807, 2.05) is 0 Å². The van der Waals surface area contributed by atoms with Crippen molar-refractivity contribution in [3.05, 3.63) is 0 Å². The van der Waals surface area contributed by atoms with E-state index in [2.05, 4.69) is 19.2 Å². The Bertz CT molecular complexity index is 1180. The molecule has 0 aromatic heterocycles. The lowest BCUT2D eigenvalue weighted by atomic mass is 9.98. The molecule has 1 aliphatic rings. The number of aliphatic hydroxyl groups excluding tert-OH is 7. The highest BCUT2D eigenvalue weighted by Gasteiger charge is 2.44. The van der Waals surface area contributed by atoms with E-state index in [-0.39, 0.29) is 6.42 Å². The minimum Gasteiger partial charge on any atom is -0.394 e. The lowest BCUT2D eigenvalue weighted by Crippen LogP contribution is -2.60. The quantitative estimate of drug-likeness (QED) is 0.0272. The fourth-order valence-electron chi connectivity index (χ4n) is 11.1. The van der Waals surface area contributed by atoms with Gasteiger partial charge in [-0.15, -0.1) is 0 Å². The SMILES string of the molecule is CCCCCCCCCCCCCCCCCCCCCCCCCCCCCCC(O)C(O)C(COC1OC(CO)C(O)C(O)C1O)NC(=O)C(O)CCCCCCCCCCCCCCCCCCCCCC. The number of hydrogen-bond acceptors (Lipinski definition) is 10. The molecule has 0 spiro atoms. The van der Waals surface area contributed by atoms with Gasteiger partial charge in [-0.3, -0.25) is 4.79 Å². The van der Waals surface area contributed by atoms with Gasteiger partial charge in [0.05, 0.1) is 25.4 Å². The number of rotatable bonds is 58. The monoisotopic (exact) mass is 1070 g/mol. The molecule has 1 fully saturated rings. The fourth-order valence-corrected chi connectivity index (χ4v) is 11.1. The molecule has 1 aliphatic heterocycles. The Morgan fingerprint density at radius 2 is 0.693 bits per heavy atom. The number of amides is 1. The maximum Gasteiger partial charge on any atom is 0.249 e. The van der Waals surface area contributed by atoms with Gasteiger partial charge in [0.2, 0.25) is 5.91 Å². The molecular formula is C64H127NO10. The molecule has 1 heterocycles. The zero-order valence-corrected chi connectivity index (χ0v) is 49.3. The van der Waals surface area contributed by atoms with Crippen LogP contribution in [0.1, 0.15) is 335 Å². The highest BCUT2D eigenvalue weighted by Crippen LogP contribution is 2.24. The molecule has 1 rings (SSSR count). The van der Waals surface area contributed by atoms with Crippen LogP contribution in [-0.4, -0.2) is 110 Å². The van der Waals surface area contributed by atoms with Gasteiger partial charge in [-0.1, -0.05) is 322 Å². The van der Waals surface area contributed by atoms with Crippen molar-refractivity contribution in [2.45, 2.75) is 390 Å². The summed E-state index contributed by atoms with van der Waals surface area (Å²) in [6, 6.07) is -1.16. The number of ether oxygens (including phenoxy) is 2. The second-order valence-electron chi connectivity index (χ2n) is 23.6. The lowest BCUT2D eigenvalue weighted by Gasteiger charge is -2.40. The zero-order valence-electron chi connectivity index (χ0n) is 49.3. The van der Waals surface area contributed by atoms with Crippen LogP contribution < -0.4 is 5.32 Å². The van der Waals surface area contributed by atoms with Crippen molar-refractivity contribution in [2.24, 2.45) is 0 Å². The summed E-state index contributed by atoms with van der Waals surface area (Å²) >= 11 is 0. The Labute approximate surface area is 462 Å². The van der Waals surface area contributed by atoms with E-state index in [0.29, 0.717) is 19.3 Å². The summed E-state index contributed by atoms with van der Waals surface area (Å²) in [6.07, 6.45) is 51.7. The largest absolute Gasteiger partial charge is 0.394 e. The molecular weight excluding hydrogens is 943 g/mol. The van der Waals surface area contributed by atoms with E-state index in [1.54, 1.807) is 0 Å². The third-order valence-corrected chi connectivity index (χ3v) is 16.4. The van der Waals surface area contributed by atoms with E-state index < -0.39 is 74.2 Å². The van der Waals surface area contributed by atoms with Crippen molar-refractivity contribution in [3.8, 4) is 0 Å². The van der Waals surface area contributed by atoms with Crippen LogP contribution in [0.5, 0.6) is 0 Å². The van der Waals surface area contributed by atoms with Gasteiger partial charge < -0.3 is 50.5 Å². The Hall–Kier alpha value is -0.890. The molecule has 0 bridgehead atoms. The van der Waals surface area contributed by atoms with Gasteiger partial charge in [0, 0.05) is 0 Å². The van der Waals surface area contributed by atoms with Crippen molar-refractivity contribution in [2.75, 3.05) is 13.2 Å². The summed E-state index contributed by atoms with van der Waals surface area (Å²) in [7, 11) is 0. The average Bonchev–Trinajstić information content (AvgIpc) is 3.41. The van der Waals surface area contributed by atoms with Gasteiger partial charge in [-0.25, -0.2) is 0 Å². The molecule has 75 heavy (non-hydrogen) atoms. The Balaban J connectivity index is 2.22. The van der Waals surface area contributed by atoms with Crippen LogP contribution in [0.15, 0.2) is 0 Å². The predicted octanol–water partition coefficient (Wildman–Crippen LogP) is 14.9. The molecule has 448 valence electrons. The Kier molecular flexibility index (Phi) is 51.7. The third-order valence-electron chi connectivity index (χ3n) is 16.4. The number of aliphatic hydroxyl groups is 7. The van der Waals surface area contributed by atoms with Gasteiger partial charge >= 0.3 is 0 Å². The van der Waals surface area contributed by atoms with Crippen molar-refractivity contribution in [1.82, 2.24) is 5.32 Å². The van der Waals surface area contributed by atoms with Crippen molar-refractivity contribution in [3.63, 3.8) is 0 Å². The molecule has 0 radical (unpaired) electrons. The maximum absolute atomic E-state index is 13.2. The number of hydrogen-bond donors (Lipinski definition) is 8. The second-order valence-corrected chi connectivity index (χ2v) is 23.6. The molecule has 0 aromatic carbocycles. The molecule has 11 nitrogen and oxygen atoms in total. The van der Waals surface area contributed by atoms with Crippen molar-refractivity contribution in [1.29, 1.82) is 0 Å². The average molecular weight is 1070 g/mol. The molecule has 0 aromatic rings. The number of unbranched alkanes of at least 4 members (excludes halogenated alkanes) is 46. The second kappa shape index (κ2) is 53.7. The maximum atomic E-state index is 13.2. The minimum atomic E-state index is -1.66. The lowest BCUT2D eigenvalue weighted by molar-refractivity contribution is -0.303. The van der Waals surface area contributed by atoms with Crippen LogP contribution in [0.25, 0.3) is 0 Å². The molecule has 1 amide bonds. The van der Waals surface area contributed by atoms with Crippen LogP contribution >= 0.6 is 0 Å². The summed E-state index contributed by atoms with van der Waals surface area (Å²) < 4.78 is 11.2. The summed E-state index contributed by atoms with van der Waals surface area (Å²) in [5, 5.41) is 76.4. The van der Waals surface area contributed by atoms with Crippen LogP contribution in [-0.2, 0) is 14.3 Å². The van der Waals surface area contributed by atoms with Gasteiger partial charge in [0.25, 0.3) is 0 Å². The molecule has 0 saturated carbocycles. The van der Waals surface area contributed by atoms with Crippen molar-refractivity contribution < 1.29 is 50.0 Å². The van der Waals surface area contributed by atoms with Crippen LogP contribution in [0, 0.1) is 0 Å². The normalized spacial score (nSPS) is 19.6. The van der Waals surface area contributed by atoms with Gasteiger partial charge in [-0.05, 0) is 12.8 Å². The summed E-state index contributed by atoms with van der Waals surface area (Å²) in [5.74, 6) is -0.688. The molecule has 8 N–H and O–H groups in total. The van der Waals surface area contributed by atoms with Gasteiger partial charge in [0.15, 0.2) is 6.29 Å². The first kappa shape index (κ1) is 72.1. The molecule has 1 saturated heterocycles. The summed E-state index contributed by atoms with van der Waals surface area (Å²) in [6.45, 7) is 3.52. The predicted molar refractivity (Wildman–Crippen MR) is 312 cm³/mol. The van der Waals surface area contributed by atoms with E-state index in [1.165, 1.54) is 257 Å². The van der Waals surface area contributed by atoms with E-state index in [4.69, 9.17) is 9.47 Å². The van der Waals surface area contributed by atoms with E-state index >= 15 is 0 Å². The van der Waals surface area contributed by atoms with E-state index in [0.717, 1.165) is 38.5 Å². The molecule has 9 unspecified atom stereocenters. The Morgan fingerprint density at radius 1 is 0.413 bits per heavy atom. The first-order chi connectivity index (χ1) is 36.7. The molecule has 11 heteroatoms. The van der Waals surface area contributed by atoms with Gasteiger partial charge in [-0.2, -0.15) is 0 Å². The molecule has 9 atom stereocenters. The van der Waals surface area contributed by atoms with Crippen LogP contribution in [0.3, 0.4) is 0 Å². The first-order valence-corrected chi connectivity index (χ1v) is 32.9. The van der Waals surface area contributed by atoms with E-state index in [9.17, 15) is 40.5 Å². The van der Waals surface area contributed by atoms with Crippen molar-refractivity contribution >= 4 is 5.91 Å². The fraction of sp³-hybridized carbons (Fsp3) is 0.984. The Morgan fingerprint density at radius 3 is 0.987 bits per heavy atom. The zero-order chi connectivity index (χ0) is 54.7. The number of carbonyl (C=O) groups excluding carboxylic acids is 1. The highest BCUT2D eigenvalue weighted by molar-refractivity contribution is 5.80. The first-order valence-electron chi connectivity index (χ1n) is 32.9. The minimum absolute atomic E-state index is 0.267. The highest BCUT2D eigenvalue weighted by atomic mass is 16.7. The topological polar surface area (TPSA) is 189 Å².